The summed E-state index contributed by atoms with van der Waals surface area (Å²) in [5.41, 5.74) is 3.20. The van der Waals surface area contributed by atoms with Crippen molar-refractivity contribution in [3.05, 3.63) is 95.6 Å². The standard InChI is InChI=1S/C26H28N4O3/c1-2-14-27-25(32)20-10-6-12-22(15-20)28-18-24(31)30-23-13-7-11-21(16-23)26(33)29-17-19-8-4-3-5-9-19/h3-13,15-16,28H,2,14,17-18H2,1H3,(H,27,32)(H,29,33)(H,30,31). The Labute approximate surface area is 193 Å². The van der Waals surface area contributed by atoms with E-state index in [1.165, 1.54) is 0 Å². The van der Waals surface area contributed by atoms with Crippen LogP contribution in [0.3, 0.4) is 0 Å². The van der Waals surface area contributed by atoms with Gasteiger partial charge in [0.15, 0.2) is 0 Å². The molecular formula is C26H28N4O3. The van der Waals surface area contributed by atoms with Gasteiger partial charge in [-0.05, 0) is 48.4 Å². The highest BCUT2D eigenvalue weighted by molar-refractivity contribution is 5.98. The summed E-state index contributed by atoms with van der Waals surface area (Å²) in [5, 5.41) is 11.5. The van der Waals surface area contributed by atoms with Crippen molar-refractivity contribution in [2.45, 2.75) is 19.9 Å². The number of rotatable bonds is 10. The molecule has 0 aromatic heterocycles. The van der Waals surface area contributed by atoms with Crippen molar-refractivity contribution in [2.24, 2.45) is 0 Å². The van der Waals surface area contributed by atoms with Gasteiger partial charge >= 0.3 is 0 Å². The molecule has 33 heavy (non-hydrogen) atoms. The van der Waals surface area contributed by atoms with E-state index in [0.717, 1.165) is 12.0 Å². The zero-order valence-electron chi connectivity index (χ0n) is 18.6. The zero-order chi connectivity index (χ0) is 23.5. The Hall–Kier alpha value is -4.13. The number of nitrogens with one attached hydrogen (secondary N) is 4. The van der Waals surface area contributed by atoms with Gasteiger partial charge in [-0.3, -0.25) is 14.4 Å². The van der Waals surface area contributed by atoms with Crippen LogP contribution < -0.4 is 21.3 Å². The van der Waals surface area contributed by atoms with Gasteiger partial charge in [-0.15, -0.1) is 0 Å². The van der Waals surface area contributed by atoms with Gasteiger partial charge in [-0.1, -0.05) is 49.4 Å². The molecule has 0 spiro atoms. The number of hydrogen-bond acceptors (Lipinski definition) is 4. The summed E-state index contributed by atoms with van der Waals surface area (Å²) in [7, 11) is 0. The first kappa shape index (κ1) is 23.5. The van der Waals surface area contributed by atoms with E-state index in [9.17, 15) is 14.4 Å². The van der Waals surface area contributed by atoms with Gasteiger partial charge in [0, 0.05) is 35.6 Å². The lowest BCUT2D eigenvalue weighted by Gasteiger charge is -2.11. The molecule has 0 heterocycles. The fourth-order valence-electron chi connectivity index (χ4n) is 3.12. The van der Waals surface area contributed by atoms with Crippen LogP contribution in [0.5, 0.6) is 0 Å². The maximum absolute atomic E-state index is 12.5. The van der Waals surface area contributed by atoms with Crippen LogP contribution >= 0.6 is 0 Å². The molecule has 7 heteroatoms. The average Bonchev–Trinajstić information content (AvgIpc) is 2.85. The van der Waals surface area contributed by atoms with Crippen LogP contribution in [0.1, 0.15) is 39.6 Å². The molecule has 0 unspecified atom stereocenters. The Kier molecular flexibility index (Phi) is 8.59. The average molecular weight is 445 g/mol. The first-order valence-corrected chi connectivity index (χ1v) is 10.9. The third-order valence-corrected chi connectivity index (χ3v) is 4.82. The van der Waals surface area contributed by atoms with E-state index in [-0.39, 0.29) is 24.3 Å². The number of amides is 3. The van der Waals surface area contributed by atoms with E-state index in [1.54, 1.807) is 48.5 Å². The maximum Gasteiger partial charge on any atom is 0.251 e. The number of carbonyl (C=O) groups excluding carboxylic acids is 3. The minimum Gasteiger partial charge on any atom is -0.376 e. The Morgan fingerprint density at radius 2 is 1.36 bits per heavy atom. The third kappa shape index (κ3) is 7.50. The van der Waals surface area contributed by atoms with Crippen LogP contribution in [0.15, 0.2) is 78.9 Å². The fraction of sp³-hybridized carbons (Fsp3) is 0.192. The summed E-state index contributed by atoms with van der Waals surface area (Å²) in [6.07, 6.45) is 0.861. The van der Waals surface area contributed by atoms with E-state index in [2.05, 4.69) is 21.3 Å². The summed E-state index contributed by atoms with van der Waals surface area (Å²) in [5.74, 6) is -0.628. The van der Waals surface area contributed by atoms with Crippen LogP contribution in [-0.2, 0) is 11.3 Å². The summed E-state index contributed by atoms with van der Waals surface area (Å²) in [6.45, 7) is 3.05. The quantitative estimate of drug-likeness (QED) is 0.382. The number of hydrogen-bond donors (Lipinski definition) is 4. The lowest BCUT2D eigenvalue weighted by molar-refractivity contribution is -0.114. The van der Waals surface area contributed by atoms with Crippen LogP contribution in [0.25, 0.3) is 0 Å². The second-order valence-electron chi connectivity index (χ2n) is 7.49. The molecule has 0 aliphatic rings. The molecule has 3 aromatic rings. The zero-order valence-corrected chi connectivity index (χ0v) is 18.6. The van der Waals surface area contributed by atoms with Crippen LogP contribution in [0.4, 0.5) is 11.4 Å². The molecule has 0 aliphatic heterocycles. The monoisotopic (exact) mass is 444 g/mol. The molecular weight excluding hydrogens is 416 g/mol. The lowest BCUT2D eigenvalue weighted by atomic mass is 10.1. The molecule has 0 saturated heterocycles. The fourth-order valence-corrected chi connectivity index (χ4v) is 3.12. The summed E-state index contributed by atoms with van der Waals surface area (Å²) in [4.78, 5) is 36.9. The van der Waals surface area contributed by atoms with Gasteiger partial charge in [-0.2, -0.15) is 0 Å². The summed E-state index contributed by atoms with van der Waals surface area (Å²) in [6, 6.07) is 23.4. The highest BCUT2D eigenvalue weighted by atomic mass is 16.2. The Bertz CT molecular complexity index is 1100. The Balaban J connectivity index is 1.51. The van der Waals surface area contributed by atoms with Gasteiger partial charge < -0.3 is 21.3 Å². The molecule has 0 saturated carbocycles. The Morgan fingerprint density at radius 1 is 0.727 bits per heavy atom. The topological polar surface area (TPSA) is 99.3 Å². The highest BCUT2D eigenvalue weighted by Crippen LogP contribution is 2.13. The molecule has 0 radical (unpaired) electrons. The number of benzene rings is 3. The first-order chi connectivity index (χ1) is 16.0. The second kappa shape index (κ2) is 12.0. The van der Waals surface area contributed by atoms with Crippen molar-refractivity contribution in [1.82, 2.24) is 10.6 Å². The largest absolute Gasteiger partial charge is 0.376 e. The van der Waals surface area contributed by atoms with Crippen molar-refractivity contribution in [2.75, 3.05) is 23.7 Å². The van der Waals surface area contributed by atoms with Gasteiger partial charge in [0.25, 0.3) is 11.8 Å². The molecule has 7 nitrogen and oxygen atoms in total. The molecule has 0 aliphatic carbocycles. The smallest absolute Gasteiger partial charge is 0.251 e. The molecule has 3 rings (SSSR count). The molecule has 0 atom stereocenters. The van der Waals surface area contributed by atoms with Crippen molar-refractivity contribution in [3.8, 4) is 0 Å². The third-order valence-electron chi connectivity index (χ3n) is 4.82. The van der Waals surface area contributed by atoms with Crippen molar-refractivity contribution >= 4 is 29.1 Å². The van der Waals surface area contributed by atoms with Gasteiger partial charge in [0.2, 0.25) is 5.91 Å². The van der Waals surface area contributed by atoms with Crippen LogP contribution in [-0.4, -0.2) is 30.8 Å². The normalized spacial score (nSPS) is 10.2. The summed E-state index contributed by atoms with van der Waals surface area (Å²) < 4.78 is 0. The van der Waals surface area contributed by atoms with E-state index in [4.69, 9.17) is 0 Å². The molecule has 3 aromatic carbocycles. The van der Waals surface area contributed by atoms with Gasteiger partial charge in [-0.25, -0.2) is 0 Å². The molecule has 4 N–H and O–H groups in total. The minimum atomic E-state index is -0.266. The second-order valence-corrected chi connectivity index (χ2v) is 7.49. The SMILES string of the molecule is CCCNC(=O)c1cccc(NCC(=O)Nc2cccc(C(=O)NCc3ccccc3)c2)c1. The molecule has 170 valence electrons. The minimum absolute atomic E-state index is 0.0183. The predicted octanol–water partition coefficient (Wildman–Crippen LogP) is 3.81. The van der Waals surface area contributed by atoms with Crippen LogP contribution in [0.2, 0.25) is 0 Å². The predicted molar refractivity (Wildman–Crippen MR) is 130 cm³/mol. The number of carbonyl (C=O) groups is 3. The number of anilines is 2. The Morgan fingerprint density at radius 3 is 2.06 bits per heavy atom. The van der Waals surface area contributed by atoms with Crippen molar-refractivity contribution < 1.29 is 14.4 Å². The first-order valence-electron chi connectivity index (χ1n) is 10.9. The van der Waals surface area contributed by atoms with E-state index in [1.807, 2.05) is 37.3 Å². The maximum atomic E-state index is 12.5. The van der Waals surface area contributed by atoms with E-state index in [0.29, 0.717) is 35.6 Å². The van der Waals surface area contributed by atoms with Crippen LogP contribution in [0, 0.1) is 0 Å². The molecule has 3 amide bonds. The highest BCUT2D eigenvalue weighted by Gasteiger charge is 2.09. The van der Waals surface area contributed by atoms with E-state index >= 15 is 0 Å². The van der Waals surface area contributed by atoms with E-state index < -0.39 is 0 Å². The lowest BCUT2D eigenvalue weighted by Crippen LogP contribution is -2.25. The van der Waals surface area contributed by atoms with Gasteiger partial charge in [0.1, 0.15) is 0 Å². The summed E-state index contributed by atoms with van der Waals surface area (Å²) >= 11 is 0. The van der Waals surface area contributed by atoms with Gasteiger partial charge in [0.05, 0.1) is 6.54 Å². The van der Waals surface area contributed by atoms with Crippen molar-refractivity contribution in [3.63, 3.8) is 0 Å². The molecule has 0 bridgehead atoms. The molecule has 0 fully saturated rings. The van der Waals surface area contributed by atoms with Crippen molar-refractivity contribution in [1.29, 1.82) is 0 Å².